The summed E-state index contributed by atoms with van der Waals surface area (Å²) in [5, 5.41) is 2.67. The van der Waals surface area contributed by atoms with Crippen LogP contribution in [0.25, 0.3) is 0 Å². The van der Waals surface area contributed by atoms with E-state index in [1.165, 1.54) is 12.3 Å². The highest BCUT2D eigenvalue weighted by atomic mass is 19.2. The molecule has 0 spiro atoms. The van der Waals surface area contributed by atoms with Gasteiger partial charge < -0.3 is 15.8 Å². The van der Waals surface area contributed by atoms with Gasteiger partial charge in [0.25, 0.3) is 0 Å². The van der Waals surface area contributed by atoms with Gasteiger partial charge in [0.15, 0.2) is 11.6 Å². The Morgan fingerprint density at radius 3 is 2.70 bits per heavy atom. The lowest BCUT2D eigenvalue weighted by molar-refractivity contribution is -0.125. The Hall–Kier alpha value is -2.54. The van der Waals surface area contributed by atoms with Crippen LogP contribution in [0.15, 0.2) is 36.5 Å². The van der Waals surface area contributed by atoms with Gasteiger partial charge in [-0.25, -0.2) is 13.8 Å². The predicted octanol–water partition coefficient (Wildman–Crippen LogP) is 2.51. The van der Waals surface area contributed by atoms with E-state index in [-0.39, 0.29) is 24.1 Å². The van der Waals surface area contributed by atoms with Crippen LogP contribution in [0.3, 0.4) is 0 Å². The van der Waals surface area contributed by atoms with Crippen molar-refractivity contribution in [3.8, 4) is 11.6 Å². The summed E-state index contributed by atoms with van der Waals surface area (Å²) in [6.07, 6.45) is 1.49. The van der Waals surface area contributed by atoms with Gasteiger partial charge in [0.05, 0.1) is 5.54 Å². The molecule has 0 unspecified atom stereocenters. The first-order valence-corrected chi connectivity index (χ1v) is 6.91. The first kappa shape index (κ1) is 16.8. The number of pyridine rings is 1. The summed E-state index contributed by atoms with van der Waals surface area (Å²) in [5.74, 6) is -2.02. The number of hydrogen-bond acceptors (Lipinski definition) is 4. The first-order valence-electron chi connectivity index (χ1n) is 6.91. The molecule has 0 atom stereocenters. The molecule has 5 nitrogen and oxygen atoms in total. The van der Waals surface area contributed by atoms with E-state index in [2.05, 4.69) is 10.3 Å². The van der Waals surface area contributed by atoms with Gasteiger partial charge in [0.2, 0.25) is 11.8 Å². The molecule has 0 radical (unpaired) electrons. The number of nitrogens with one attached hydrogen (secondary N) is 1. The lowest BCUT2D eigenvalue weighted by Gasteiger charge is -2.18. The number of nitrogens with zero attached hydrogens (tertiary/aromatic N) is 1. The molecule has 1 amide bonds. The molecule has 122 valence electrons. The van der Waals surface area contributed by atoms with E-state index in [4.69, 9.17) is 10.5 Å². The van der Waals surface area contributed by atoms with Gasteiger partial charge in [-0.2, -0.15) is 0 Å². The van der Waals surface area contributed by atoms with E-state index in [0.717, 1.165) is 12.1 Å². The standard InChI is InChI=1S/C16H17F2N3O2/c1-16(2,19)15(22)21-9-10-4-3-7-20-14(10)23-11-5-6-12(17)13(18)8-11/h3-8H,9,19H2,1-2H3,(H,21,22). The molecule has 7 heteroatoms. The summed E-state index contributed by atoms with van der Waals surface area (Å²) < 4.78 is 31.6. The third-order valence-electron chi connectivity index (χ3n) is 2.98. The summed E-state index contributed by atoms with van der Waals surface area (Å²) in [7, 11) is 0. The van der Waals surface area contributed by atoms with Crippen molar-refractivity contribution >= 4 is 5.91 Å². The first-order chi connectivity index (χ1) is 10.8. The number of halogens is 2. The number of ether oxygens (including phenoxy) is 1. The normalized spacial score (nSPS) is 11.2. The third-order valence-corrected chi connectivity index (χ3v) is 2.98. The lowest BCUT2D eigenvalue weighted by Crippen LogP contribution is -2.48. The second-order valence-electron chi connectivity index (χ2n) is 5.55. The molecule has 23 heavy (non-hydrogen) atoms. The van der Waals surface area contributed by atoms with E-state index >= 15 is 0 Å². The summed E-state index contributed by atoms with van der Waals surface area (Å²) in [5.41, 5.74) is 5.27. The highest BCUT2D eigenvalue weighted by Crippen LogP contribution is 2.24. The Kier molecular flexibility index (Phi) is 4.90. The Morgan fingerprint density at radius 1 is 1.30 bits per heavy atom. The fourth-order valence-corrected chi connectivity index (χ4v) is 1.71. The average Bonchev–Trinajstić information content (AvgIpc) is 2.49. The number of carbonyl (C=O) groups excluding carboxylic acids is 1. The van der Waals surface area contributed by atoms with Crippen LogP contribution in [-0.4, -0.2) is 16.4 Å². The zero-order chi connectivity index (χ0) is 17.0. The van der Waals surface area contributed by atoms with E-state index in [9.17, 15) is 13.6 Å². The second-order valence-corrected chi connectivity index (χ2v) is 5.55. The summed E-state index contributed by atoms with van der Waals surface area (Å²) in [4.78, 5) is 15.8. The van der Waals surface area contributed by atoms with Crippen molar-refractivity contribution in [3.05, 3.63) is 53.7 Å². The second kappa shape index (κ2) is 6.70. The number of carbonyl (C=O) groups is 1. The van der Waals surface area contributed by atoms with Gasteiger partial charge in [-0.1, -0.05) is 6.07 Å². The van der Waals surface area contributed by atoms with Gasteiger partial charge in [0.1, 0.15) is 5.75 Å². The minimum absolute atomic E-state index is 0.106. The van der Waals surface area contributed by atoms with Crippen molar-refractivity contribution in [3.63, 3.8) is 0 Å². The molecule has 1 aromatic carbocycles. The number of benzene rings is 1. The maximum atomic E-state index is 13.2. The predicted molar refractivity (Wildman–Crippen MR) is 80.8 cm³/mol. The minimum Gasteiger partial charge on any atom is -0.439 e. The largest absolute Gasteiger partial charge is 0.439 e. The Bertz CT molecular complexity index is 715. The molecular weight excluding hydrogens is 304 g/mol. The van der Waals surface area contributed by atoms with E-state index in [1.807, 2.05) is 0 Å². The number of aromatic nitrogens is 1. The zero-order valence-electron chi connectivity index (χ0n) is 12.8. The molecule has 0 aliphatic rings. The zero-order valence-corrected chi connectivity index (χ0v) is 12.8. The summed E-state index contributed by atoms with van der Waals surface area (Å²) in [6.45, 7) is 3.32. The minimum atomic E-state index is -1.02. The van der Waals surface area contributed by atoms with E-state index in [1.54, 1.807) is 26.0 Å². The molecule has 0 aliphatic carbocycles. The Labute approximate surface area is 132 Å². The van der Waals surface area contributed by atoms with Gasteiger partial charge in [0, 0.05) is 24.4 Å². The maximum absolute atomic E-state index is 13.2. The fraction of sp³-hybridized carbons (Fsp3) is 0.250. The lowest BCUT2D eigenvalue weighted by atomic mass is 10.1. The number of rotatable bonds is 5. The molecule has 0 fully saturated rings. The number of hydrogen-bond donors (Lipinski definition) is 2. The molecule has 2 aromatic rings. The van der Waals surface area contributed by atoms with Crippen molar-refractivity contribution in [2.45, 2.75) is 25.9 Å². The van der Waals surface area contributed by atoms with Gasteiger partial charge >= 0.3 is 0 Å². The molecule has 2 rings (SSSR count). The average molecular weight is 321 g/mol. The molecule has 0 saturated carbocycles. The molecular formula is C16H17F2N3O2. The van der Waals surface area contributed by atoms with Gasteiger partial charge in [-0.15, -0.1) is 0 Å². The monoisotopic (exact) mass is 321 g/mol. The SMILES string of the molecule is CC(C)(N)C(=O)NCc1cccnc1Oc1ccc(F)c(F)c1. The molecule has 0 saturated heterocycles. The van der Waals surface area contributed by atoms with Crippen LogP contribution in [0.4, 0.5) is 8.78 Å². The van der Waals surface area contributed by atoms with E-state index < -0.39 is 17.2 Å². The molecule has 3 N–H and O–H groups in total. The van der Waals surface area contributed by atoms with Crippen LogP contribution in [0.2, 0.25) is 0 Å². The molecule has 0 bridgehead atoms. The summed E-state index contributed by atoms with van der Waals surface area (Å²) >= 11 is 0. The van der Waals surface area contributed by atoms with Gasteiger partial charge in [-0.05, 0) is 32.0 Å². The van der Waals surface area contributed by atoms with Gasteiger partial charge in [-0.3, -0.25) is 4.79 Å². The number of amides is 1. The highest BCUT2D eigenvalue weighted by Gasteiger charge is 2.21. The maximum Gasteiger partial charge on any atom is 0.239 e. The van der Waals surface area contributed by atoms with Crippen LogP contribution in [-0.2, 0) is 11.3 Å². The van der Waals surface area contributed by atoms with Crippen molar-refractivity contribution in [2.24, 2.45) is 5.73 Å². The van der Waals surface area contributed by atoms with Crippen LogP contribution in [0, 0.1) is 11.6 Å². The number of nitrogens with two attached hydrogens (primary N) is 1. The van der Waals surface area contributed by atoms with Crippen LogP contribution >= 0.6 is 0 Å². The van der Waals surface area contributed by atoms with Crippen molar-refractivity contribution < 1.29 is 18.3 Å². The van der Waals surface area contributed by atoms with Crippen LogP contribution in [0.1, 0.15) is 19.4 Å². The highest BCUT2D eigenvalue weighted by molar-refractivity contribution is 5.85. The third kappa shape index (κ3) is 4.46. The fourth-order valence-electron chi connectivity index (χ4n) is 1.71. The van der Waals surface area contributed by atoms with Crippen molar-refractivity contribution in [1.29, 1.82) is 0 Å². The Balaban J connectivity index is 2.14. The quantitative estimate of drug-likeness (QED) is 0.887. The smallest absolute Gasteiger partial charge is 0.239 e. The van der Waals surface area contributed by atoms with Crippen molar-refractivity contribution in [2.75, 3.05) is 0 Å². The van der Waals surface area contributed by atoms with Crippen molar-refractivity contribution in [1.82, 2.24) is 10.3 Å². The topological polar surface area (TPSA) is 77.2 Å². The summed E-state index contributed by atoms with van der Waals surface area (Å²) in [6, 6.07) is 6.55. The Morgan fingerprint density at radius 2 is 2.04 bits per heavy atom. The van der Waals surface area contributed by atoms with Crippen LogP contribution < -0.4 is 15.8 Å². The van der Waals surface area contributed by atoms with E-state index in [0.29, 0.717) is 5.56 Å². The van der Waals surface area contributed by atoms with Crippen LogP contribution in [0.5, 0.6) is 11.6 Å². The molecule has 1 heterocycles. The molecule has 1 aromatic heterocycles. The molecule has 0 aliphatic heterocycles.